The van der Waals surface area contributed by atoms with Crippen LogP contribution in [-0.2, 0) is 6.42 Å². The van der Waals surface area contributed by atoms with Gasteiger partial charge in [-0.2, -0.15) is 8.78 Å². The monoisotopic (exact) mass is 362 g/mol. The summed E-state index contributed by atoms with van der Waals surface area (Å²) in [6.45, 7) is -2.82. The van der Waals surface area contributed by atoms with E-state index in [9.17, 15) is 8.78 Å². The summed E-state index contributed by atoms with van der Waals surface area (Å²) in [5.41, 5.74) is 3.44. The number of alkyl halides is 2. The van der Waals surface area contributed by atoms with Crippen LogP contribution in [0.3, 0.4) is 0 Å². The minimum absolute atomic E-state index is 0.126. The van der Waals surface area contributed by atoms with Gasteiger partial charge in [0.15, 0.2) is 5.11 Å². The van der Waals surface area contributed by atoms with Gasteiger partial charge in [-0.05, 0) is 66.9 Å². The molecule has 6 heteroatoms. The predicted octanol–water partition coefficient (Wildman–Crippen LogP) is 4.99. The van der Waals surface area contributed by atoms with Crippen molar-refractivity contribution in [3.05, 3.63) is 59.7 Å². The van der Waals surface area contributed by atoms with Crippen molar-refractivity contribution in [3.8, 4) is 5.75 Å². The van der Waals surface area contributed by atoms with E-state index in [-0.39, 0.29) is 11.8 Å². The Hall–Kier alpha value is -2.21. The number of ether oxygens (including phenoxy) is 1. The molecule has 1 aliphatic carbocycles. The first-order valence-corrected chi connectivity index (χ1v) is 8.62. The van der Waals surface area contributed by atoms with Crippen LogP contribution in [-0.4, -0.2) is 23.7 Å². The molecule has 0 aliphatic heterocycles. The highest BCUT2D eigenvalue weighted by Gasteiger charge is 2.24. The number of rotatable bonds is 4. The second kappa shape index (κ2) is 7.78. The molecule has 0 heterocycles. The van der Waals surface area contributed by atoms with Crippen molar-refractivity contribution < 1.29 is 13.5 Å². The van der Waals surface area contributed by atoms with Crippen molar-refractivity contribution >= 4 is 23.0 Å². The first-order valence-electron chi connectivity index (χ1n) is 8.21. The van der Waals surface area contributed by atoms with Gasteiger partial charge in [-0.15, -0.1) is 0 Å². The zero-order valence-electron chi connectivity index (χ0n) is 13.9. The Bertz CT molecular complexity index is 736. The van der Waals surface area contributed by atoms with Crippen molar-refractivity contribution in [1.29, 1.82) is 0 Å². The first-order chi connectivity index (χ1) is 12.0. The quantitative estimate of drug-likeness (QED) is 0.774. The van der Waals surface area contributed by atoms with Crippen LogP contribution in [0.5, 0.6) is 5.75 Å². The maximum Gasteiger partial charge on any atom is 0.387 e. The molecular formula is C19H20F2N2OS. The summed E-state index contributed by atoms with van der Waals surface area (Å²) >= 11 is 5.53. The fraction of sp³-hybridized carbons (Fsp3) is 0.316. The molecule has 0 spiro atoms. The average Bonchev–Trinajstić information content (AvgIpc) is 2.62. The van der Waals surface area contributed by atoms with Gasteiger partial charge in [0.05, 0.1) is 6.04 Å². The van der Waals surface area contributed by atoms with Crippen LogP contribution in [0.4, 0.5) is 14.5 Å². The number of hydrogen-bond acceptors (Lipinski definition) is 2. The lowest BCUT2D eigenvalue weighted by atomic mass is 9.87. The van der Waals surface area contributed by atoms with Gasteiger partial charge in [0, 0.05) is 12.7 Å². The van der Waals surface area contributed by atoms with Gasteiger partial charge in [-0.25, -0.2) is 0 Å². The van der Waals surface area contributed by atoms with E-state index in [4.69, 9.17) is 12.2 Å². The van der Waals surface area contributed by atoms with Crippen molar-refractivity contribution in [2.45, 2.75) is 31.9 Å². The fourth-order valence-electron chi connectivity index (χ4n) is 3.20. The van der Waals surface area contributed by atoms with E-state index in [1.807, 2.05) is 7.05 Å². The third kappa shape index (κ3) is 4.25. The van der Waals surface area contributed by atoms with Crippen LogP contribution < -0.4 is 10.1 Å². The fourth-order valence-corrected chi connectivity index (χ4v) is 3.45. The molecule has 2 aromatic rings. The van der Waals surface area contributed by atoms with E-state index >= 15 is 0 Å². The van der Waals surface area contributed by atoms with E-state index < -0.39 is 6.61 Å². The first kappa shape index (κ1) is 17.6. The Morgan fingerprint density at radius 1 is 1.20 bits per heavy atom. The molecule has 0 unspecified atom stereocenters. The van der Waals surface area contributed by atoms with E-state index in [0.29, 0.717) is 5.11 Å². The number of anilines is 1. The third-order valence-corrected chi connectivity index (χ3v) is 4.85. The third-order valence-electron chi connectivity index (χ3n) is 4.46. The minimum atomic E-state index is -2.82. The molecule has 1 atom stereocenters. The van der Waals surface area contributed by atoms with Crippen LogP contribution >= 0.6 is 12.2 Å². The molecule has 0 bridgehead atoms. The number of thiocarbonyl (C=S) groups is 1. The topological polar surface area (TPSA) is 24.5 Å². The molecule has 0 aromatic heterocycles. The highest BCUT2D eigenvalue weighted by molar-refractivity contribution is 7.80. The lowest BCUT2D eigenvalue weighted by Gasteiger charge is -2.35. The molecule has 0 saturated carbocycles. The molecule has 0 amide bonds. The van der Waals surface area contributed by atoms with Crippen molar-refractivity contribution in [2.75, 3.05) is 12.4 Å². The standard InChI is InChI=1S/C19H20F2N2OS/c1-23(17-8-4-6-13-5-2-3-7-16(13)17)19(25)22-14-9-11-15(12-10-14)24-18(20)21/h2-3,5,7,9-12,17-18H,4,6,8H2,1H3,(H,22,25)/t17-/m1/s1. The number of nitrogens with zero attached hydrogens (tertiary/aromatic N) is 1. The van der Waals surface area contributed by atoms with E-state index in [2.05, 4.69) is 39.2 Å². The van der Waals surface area contributed by atoms with Gasteiger partial charge < -0.3 is 15.0 Å². The van der Waals surface area contributed by atoms with Crippen LogP contribution in [0.15, 0.2) is 48.5 Å². The largest absolute Gasteiger partial charge is 0.435 e. The zero-order chi connectivity index (χ0) is 17.8. The van der Waals surface area contributed by atoms with Crippen LogP contribution in [0.25, 0.3) is 0 Å². The van der Waals surface area contributed by atoms with Gasteiger partial charge in [0.25, 0.3) is 0 Å². The number of halogens is 2. The summed E-state index contributed by atoms with van der Waals surface area (Å²) in [4.78, 5) is 2.07. The van der Waals surface area contributed by atoms with Crippen molar-refractivity contribution in [3.63, 3.8) is 0 Å². The van der Waals surface area contributed by atoms with E-state index in [0.717, 1.165) is 24.9 Å². The number of benzene rings is 2. The Morgan fingerprint density at radius 3 is 2.64 bits per heavy atom. The van der Waals surface area contributed by atoms with Crippen LogP contribution in [0.1, 0.15) is 30.0 Å². The highest BCUT2D eigenvalue weighted by atomic mass is 32.1. The number of fused-ring (bicyclic) bond motifs is 1. The molecular weight excluding hydrogens is 342 g/mol. The summed E-state index contributed by atoms with van der Waals surface area (Å²) < 4.78 is 28.7. The normalized spacial score (nSPS) is 16.2. The summed E-state index contributed by atoms with van der Waals surface area (Å²) in [7, 11) is 1.98. The Labute approximate surface area is 151 Å². The highest BCUT2D eigenvalue weighted by Crippen LogP contribution is 2.33. The smallest absolute Gasteiger partial charge is 0.387 e. The average molecular weight is 362 g/mol. The molecule has 0 saturated heterocycles. The van der Waals surface area contributed by atoms with Gasteiger partial charge in [0.2, 0.25) is 0 Å². The maximum atomic E-state index is 12.2. The van der Waals surface area contributed by atoms with Crippen LogP contribution in [0, 0.1) is 0 Å². The SMILES string of the molecule is CN(C(=S)Nc1ccc(OC(F)F)cc1)[C@@H]1CCCc2ccccc21. The lowest BCUT2D eigenvalue weighted by molar-refractivity contribution is -0.0498. The Morgan fingerprint density at radius 2 is 1.92 bits per heavy atom. The predicted molar refractivity (Wildman–Crippen MR) is 99.2 cm³/mol. The molecule has 1 N–H and O–H groups in total. The second-order valence-electron chi connectivity index (χ2n) is 6.05. The minimum Gasteiger partial charge on any atom is -0.435 e. The van der Waals surface area contributed by atoms with Gasteiger partial charge in [-0.1, -0.05) is 24.3 Å². The molecule has 3 rings (SSSR count). The summed E-state index contributed by atoms with van der Waals surface area (Å²) in [6, 6.07) is 15.0. The molecule has 1 aliphatic rings. The Balaban J connectivity index is 1.67. The molecule has 2 aromatic carbocycles. The molecule has 25 heavy (non-hydrogen) atoms. The van der Waals surface area contributed by atoms with Crippen molar-refractivity contribution in [1.82, 2.24) is 4.90 Å². The maximum absolute atomic E-state index is 12.2. The second-order valence-corrected chi connectivity index (χ2v) is 6.44. The van der Waals surface area contributed by atoms with E-state index in [1.54, 1.807) is 12.1 Å². The number of hydrogen-bond donors (Lipinski definition) is 1. The summed E-state index contributed by atoms with van der Waals surface area (Å²) in [5.74, 6) is 0.126. The molecule has 0 radical (unpaired) electrons. The molecule has 3 nitrogen and oxygen atoms in total. The van der Waals surface area contributed by atoms with Gasteiger partial charge in [-0.3, -0.25) is 0 Å². The number of aryl methyl sites for hydroxylation is 1. The zero-order valence-corrected chi connectivity index (χ0v) is 14.7. The van der Waals surface area contributed by atoms with Gasteiger partial charge >= 0.3 is 6.61 Å². The van der Waals surface area contributed by atoms with Crippen LogP contribution in [0.2, 0.25) is 0 Å². The summed E-state index contributed by atoms with van der Waals surface area (Å²) in [6.07, 6.45) is 3.29. The molecule has 0 fully saturated rings. The Kier molecular flexibility index (Phi) is 5.48. The molecule has 132 valence electrons. The van der Waals surface area contributed by atoms with E-state index in [1.165, 1.54) is 23.3 Å². The van der Waals surface area contributed by atoms with Gasteiger partial charge in [0.1, 0.15) is 5.75 Å². The van der Waals surface area contributed by atoms with Crippen molar-refractivity contribution in [2.24, 2.45) is 0 Å². The summed E-state index contributed by atoms with van der Waals surface area (Å²) in [5, 5.41) is 3.77. The number of nitrogens with one attached hydrogen (secondary N) is 1. The lowest BCUT2D eigenvalue weighted by Crippen LogP contribution is -2.36.